The third-order valence-corrected chi connectivity index (χ3v) is 7.66. The maximum atomic E-state index is 13.0. The van der Waals surface area contributed by atoms with Gasteiger partial charge in [-0.1, -0.05) is 12.1 Å². The topological polar surface area (TPSA) is 66.4 Å². The van der Waals surface area contributed by atoms with Crippen molar-refractivity contribution in [3.05, 3.63) is 34.9 Å². The summed E-state index contributed by atoms with van der Waals surface area (Å²) in [7, 11) is 0. The zero-order valence-corrected chi connectivity index (χ0v) is 15.4. The van der Waals surface area contributed by atoms with Gasteiger partial charge in [0, 0.05) is 23.6 Å². The molecule has 1 amide bonds. The predicted octanol–water partition coefficient (Wildman–Crippen LogP) is 3.27. The molecule has 138 valence electrons. The molecule has 4 fully saturated rings. The first-order valence-electron chi connectivity index (χ1n) is 10.1. The fourth-order valence-corrected chi connectivity index (χ4v) is 6.92. The molecule has 4 heteroatoms. The molecule has 4 nitrogen and oxygen atoms in total. The number of fused-ring (bicyclic) bond motifs is 1. The lowest BCUT2D eigenvalue weighted by Gasteiger charge is -2.62. The molecular weight excluding hydrogens is 326 g/mol. The Labute approximate surface area is 154 Å². The smallest absolute Gasteiger partial charge is 0.251 e. The molecule has 0 heterocycles. The minimum absolute atomic E-state index is 0.0300. The van der Waals surface area contributed by atoms with E-state index in [4.69, 9.17) is 0 Å². The van der Waals surface area contributed by atoms with E-state index in [9.17, 15) is 14.7 Å². The van der Waals surface area contributed by atoms with Gasteiger partial charge in [-0.05, 0) is 80.8 Å². The van der Waals surface area contributed by atoms with Gasteiger partial charge in [-0.3, -0.25) is 9.59 Å². The van der Waals surface area contributed by atoms with Crippen LogP contribution in [0.4, 0.5) is 0 Å². The maximum Gasteiger partial charge on any atom is 0.251 e. The van der Waals surface area contributed by atoms with E-state index < -0.39 is 5.60 Å². The third-order valence-electron chi connectivity index (χ3n) is 7.66. The Hall–Kier alpha value is -1.68. The molecule has 1 aromatic rings. The lowest BCUT2D eigenvalue weighted by molar-refractivity contribution is -0.171. The number of amides is 1. The van der Waals surface area contributed by atoms with Crippen LogP contribution >= 0.6 is 0 Å². The zero-order chi connectivity index (χ0) is 18.1. The van der Waals surface area contributed by atoms with Gasteiger partial charge >= 0.3 is 0 Å². The van der Waals surface area contributed by atoms with Crippen LogP contribution in [0, 0.1) is 17.3 Å². The van der Waals surface area contributed by atoms with E-state index >= 15 is 0 Å². The molecule has 0 saturated heterocycles. The van der Waals surface area contributed by atoms with Gasteiger partial charge in [-0.25, -0.2) is 0 Å². The van der Waals surface area contributed by atoms with E-state index in [1.165, 1.54) is 6.42 Å². The zero-order valence-electron chi connectivity index (χ0n) is 15.4. The lowest BCUT2D eigenvalue weighted by Crippen LogP contribution is -2.61. The molecule has 1 aromatic carbocycles. The monoisotopic (exact) mass is 353 g/mol. The highest BCUT2D eigenvalue weighted by Crippen LogP contribution is 2.62. The number of rotatable bonds is 3. The van der Waals surface area contributed by atoms with Gasteiger partial charge < -0.3 is 10.4 Å². The number of ketones is 1. The Morgan fingerprint density at radius 2 is 1.92 bits per heavy atom. The first kappa shape index (κ1) is 16.5. The molecule has 3 atom stereocenters. The summed E-state index contributed by atoms with van der Waals surface area (Å²) in [6.45, 7) is 2.11. The Kier molecular flexibility index (Phi) is 3.43. The first-order valence-corrected chi connectivity index (χ1v) is 10.1. The SMILES string of the molecule is CC(NC(=O)c1cccc2c1CCC2=O)C12CC3CC(CC(O)(C3)C1)C2. The number of carbonyl (C=O) groups excluding carboxylic acids is 2. The van der Waals surface area contributed by atoms with Gasteiger partial charge in [-0.15, -0.1) is 0 Å². The quantitative estimate of drug-likeness (QED) is 0.876. The van der Waals surface area contributed by atoms with Crippen LogP contribution < -0.4 is 5.32 Å². The summed E-state index contributed by atoms with van der Waals surface area (Å²) in [4.78, 5) is 25.0. The number of hydrogen-bond acceptors (Lipinski definition) is 3. The normalized spacial score (nSPS) is 38.3. The van der Waals surface area contributed by atoms with Crippen molar-refractivity contribution in [3.8, 4) is 0 Å². The summed E-state index contributed by atoms with van der Waals surface area (Å²) in [5.41, 5.74) is 1.80. The molecule has 5 aliphatic carbocycles. The van der Waals surface area contributed by atoms with Gasteiger partial charge in [0.2, 0.25) is 0 Å². The van der Waals surface area contributed by atoms with Crippen molar-refractivity contribution in [2.45, 2.75) is 69.9 Å². The second-order valence-corrected chi connectivity index (χ2v) is 9.50. The minimum atomic E-state index is -0.510. The molecule has 5 aliphatic rings. The van der Waals surface area contributed by atoms with E-state index in [1.807, 2.05) is 18.2 Å². The third kappa shape index (κ3) is 2.38. The molecule has 4 saturated carbocycles. The van der Waals surface area contributed by atoms with E-state index in [1.54, 1.807) is 0 Å². The van der Waals surface area contributed by atoms with E-state index in [0.29, 0.717) is 30.2 Å². The lowest BCUT2D eigenvalue weighted by atomic mass is 9.46. The fraction of sp³-hybridized carbons (Fsp3) is 0.636. The molecular formula is C22H27NO3. The molecule has 4 bridgehead atoms. The average molecular weight is 353 g/mol. The van der Waals surface area contributed by atoms with E-state index in [0.717, 1.165) is 43.2 Å². The molecule has 6 rings (SSSR count). The van der Waals surface area contributed by atoms with Gasteiger partial charge in [0.1, 0.15) is 0 Å². The summed E-state index contributed by atoms with van der Waals surface area (Å²) in [6, 6.07) is 5.53. The van der Waals surface area contributed by atoms with Crippen LogP contribution in [-0.4, -0.2) is 28.4 Å². The van der Waals surface area contributed by atoms with Crippen molar-refractivity contribution >= 4 is 11.7 Å². The minimum Gasteiger partial charge on any atom is -0.390 e. The van der Waals surface area contributed by atoms with Crippen LogP contribution in [0.5, 0.6) is 0 Å². The second kappa shape index (κ2) is 5.41. The maximum absolute atomic E-state index is 13.0. The molecule has 3 unspecified atom stereocenters. The van der Waals surface area contributed by atoms with Crippen LogP contribution in [0.2, 0.25) is 0 Å². The van der Waals surface area contributed by atoms with Crippen LogP contribution in [0.1, 0.15) is 78.1 Å². The summed E-state index contributed by atoms with van der Waals surface area (Å²) in [5.74, 6) is 1.30. The Morgan fingerprint density at radius 3 is 2.62 bits per heavy atom. The van der Waals surface area contributed by atoms with Crippen molar-refractivity contribution < 1.29 is 14.7 Å². The van der Waals surface area contributed by atoms with E-state index in [-0.39, 0.29) is 23.1 Å². The highest BCUT2D eigenvalue weighted by atomic mass is 16.3. The number of nitrogens with one attached hydrogen (secondary N) is 1. The second-order valence-electron chi connectivity index (χ2n) is 9.50. The van der Waals surface area contributed by atoms with Crippen LogP contribution in [-0.2, 0) is 6.42 Å². The van der Waals surface area contributed by atoms with E-state index in [2.05, 4.69) is 12.2 Å². The highest BCUT2D eigenvalue weighted by molar-refractivity contribution is 6.05. The van der Waals surface area contributed by atoms with Crippen LogP contribution in [0.15, 0.2) is 18.2 Å². The number of carbonyl (C=O) groups is 2. The number of aliphatic hydroxyl groups is 1. The molecule has 0 aliphatic heterocycles. The summed E-state index contributed by atoms with van der Waals surface area (Å²) in [6.07, 6.45) is 7.38. The van der Waals surface area contributed by atoms with Gasteiger partial charge in [0.05, 0.1) is 5.60 Å². The number of hydrogen-bond donors (Lipinski definition) is 2. The average Bonchev–Trinajstić information content (AvgIpc) is 2.94. The van der Waals surface area contributed by atoms with Crippen molar-refractivity contribution in [3.63, 3.8) is 0 Å². The van der Waals surface area contributed by atoms with Crippen molar-refractivity contribution in [1.82, 2.24) is 5.32 Å². The Morgan fingerprint density at radius 1 is 1.19 bits per heavy atom. The predicted molar refractivity (Wildman–Crippen MR) is 98.1 cm³/mol. The summed E-state index contributed by atoms with van der Waals surface area (Å²) in [5, 5.41) is 14.2. The van der Waals surface area contributed by atoms with Gasteiger partial charge in [0.25, 0.3) is 5.91 Å². The van der Waals surface area contributed by atoms with Crippen LogP contribution in [0.25, 0.3) is 0 Å². The molecule has 2 N–H and O–H groups in total. The van der Waals surface area contributed by atoms with Crippen LogP contribution in [0.3, 0.4) is 0 Å². The number of Topliss-reactive ketones (excluding diaryl/α,β-unsaturated/α-hetero) is 1. The Balaban J connectivity index is 1.39. The fourth-order valence-electron chi connectivity index (χ4n) is 6.92. The summed E-state index contributed by atoms with van der Waals surface area (Å²) < 4.78 is 0. The molecule has 0 aromatic heterocycles. The van der Waals surface area contributed by atoms with Crippen molar-refractivity contribution in [2.24, 2.45) is 17.3 Å². The molecule has 0 radical (unpaired) electrons. The first-order chi connectivity index (χ1) is 12.4. The standard InChI is InChI=1S/C22H27NO3/c1-13(21-8-14-7-15(9-21)11-22(26,10-14)12-21)23-20(25)18-4-2-3-17-16(18)5-6-19(17)24/h2-4,13-15,26H,5-12H2,1H3,(H,23,25). The largest absolute Gasteiger partial charge is 0.390 e. The van der Waals surface area contributed by atoms with Gasteiger partial charge in [0.15, 0.2) is 5.78 Å². The Bertz CT molecular complexity index is 785. The molecule has 26 heavy (non-hydrogen) atoms. The highest BCUT2D eigenvalue weighted by Gasteiger charge is 2.59. The summed E-state index contributed by atoms with van der Waals surface area (Å²) >= 11 is 0. The van der Waals surface area contributed by atoms with Gasteiger partial charge in [-0.2, -0.15) is 0 Å². The van der Waals surface area contributed by atoms with Crippen molar-refractivity contribution in [2.75, 3.05) is 0 Å². The number of benzene rings is 1. The van der Waals surface area contributed by atoms with Crippen molar-refractivity contribution in [1.29, 1.82) is 0 Å². The molecule has 0 spiro atoms.